The summed E-state index contributed by atoms with van der Waals surface area (Å²) in [6.07, 6.45) is 1.64. The maximum atomic E-state index is 2.50. The van der Waals surface area contributed by atoms with Crippen molar-refractivity contribution < 1.29 is 0 Å². The van der Waals surface area contributed by atoms with Gasteiger partial charge in [-0.25, -0.2) is 0 Å². The molecule has 15 heavy (non-hydrogen) atoms. The first kappa shape index (κ1) is 10.5. The molecular formula is C13H20N2. The quantitative estimate of drug-likeness (QED) is 0.729. The number of hydrogen-bond acceptors (Lipinski definition) is 2. The Labute approximate surface area is 92.5 Å². The monoisotopic (exact) mass is 204 g/mol. The lowest BCUT2D eigenvalue weighted by Crippen LogP contribution is -2.34. The Kier molecular flexibility index (Phi) is 2.96. The second-order valence-corrected chi connectivity index (χ2v) is 4.29. The molecule has 0 radical (unpaired) electrons. The van der Waals surface area contributed by atoms with Crippen LogP contribution in [0.5, 0.6) is 0 Å². The standard InChI is InChI=1S/C13H20N2/c1-4-12-7-5-6-8-13(12)15-10-9-14(3)11(15)2/h5-8,11H,4,9-10H2,1-3H3/t11-/m0/s1. The Morgan fingerprint density at radius 3 is 2.60 bits per heavy atom. The summed E-state index contributed by atoms with van der Waals surface area (Å²) in [7, 11) is 2.19. The van der Waals surface area contributed by atoms with Crippen molar-refractivity contribution in [2.75, 3.05) is 25.0 Å². The third kappa shape index (κ3) is 1.86. The third-order valence-corrected chi connectivity index (χ3v) is 3.46. The largest absolute Gasteiger partial charge is 0.355 e. The summed E-state index contributed by atoms with van der Waals surface area (Å²) in [6, 6.07) is 8.75. The van der Waals surface area contributed by atoms with Crippen LogP contribution in [0.1, 0.15) is 19.4 Å². The van der Waals surface area contributed by atoms with Gasteiger partial charge in [-0.15, -0.1) is 0 Å². The van der Waals surface area contributed by atoms with Gasteiger partial charge in [0.05, 0.1) is 6.17 Å². The number of nitrogens with zero attached hydrogens (tertiary/aromatic N) is 2. The normalized spacial score (nSPS) is 22.3. The minimum atomic E-state index is 0.526. The van der Waals surface area contributed by atoms with Crippen LogP contribution in [0.2, 0.25) is 0 Å². The SMILES string of the molecule is CCc1ccccc1N1CCN(C)[C@@H]1C. The molecule has 1 fully saturated rings. The summed E-state index contributed by atoms with van der Waals surface area (Å²) in [5.41, 5.74) is 2.87. The van der Waals surface area contributed by atoms with E-state index in [1.54, 1.807) is 0 Å². The predicted molar refractivity (Wildman–Crippen MR) is 65.3 cm³/mol. The maximum absolute atomic E-state index is 2.50. The first-order chi connectivity index (χ1) is 7.24. The van der Waals surface area contributed by atoms with Gasteiger partial charge in [0.25, 0.3) is 0 Å². The Bertz CT molecular complexity index is 335. The summed E-state index contributed by atoms with van der Waals surface area (Å²) in [5, 5.41) is 0. The van der Waals surface area contributed by atoms with Crippen molar-refractivity contribution in [1.29, 1.82) is 0 Å². The number of aryl methyl sites for hydroxylation is 1. The minimum Gasteiger partial charge on any atom is -0.355 e. The molecule has 2 heteroatoms. The summed E-state index contributed by atoms with van der Waals surface area (Å²) >= 11 is 0. The number of anilines is 1. The highest BCUT2D eigenvalue weighted by Gasteiger charge is 2.26. The van der Waals surface area contributed by atoms with Gasteiger partial charge >= 0.3 is 0 Å². The van der Waals surface area contributed by atoms with Crippen molar-refractivity contribution >= 4 is 5.69 Å². The molecule has 0 aliphatic carbocycles. The van der Waals surface area contributed by atoms with Crippen LogP contribution >= 0.6 is 0 Å². The van der Waals surface area contributed by atoms with E-state index in [0.29, 0.717) is 6.17 Å². The molecule has 0 N–H and O–H groups in total. The number of para-hydroxylation sites is 1. The van der Waals surface area contributed by atoms with E-state index in [2.05, 4.69) is 55.0 Å². The molecular weight excluding hydrogens is 184 g/mol. The highest BCUT2D eigenvalue weighted by molar-refractivity contribution is 5.55. The van der Waals surface area contributed by atoms with Crippen molar-refractivity contribution in [3.8, 4) is 0 Å². The van der Waals surface area contributed by atoms with E-state index < -0.39 is 0 Å². The third-order valence-electron chi connectivity index (χ3n) is 3.46. The van der Waals surface area contributed by atoms with E-state index in [0.717, 1.165) is 13.0 Å². The molecule has 1 atom stereocenters. The molecule has 1 aromatic carbocycles. The molecule has 82 valence electrons. The molecule has 0 amide bonds. The zero-order valence-corrected chi connectivity index (χ0v) is 9.90. The van der Waals surface area contributed by atoms with Crippen LogP contribution in [-0.2, 0) is 6.42 Å². The molecule has 0 unspecified atom stereocenters. The number of rotatable bonds is 2. The summed E-state index contributed by atoms with van der Waals surface area (Å²) < 4.78 is 0. The fraction of sp³-hybridized carbons (Fsp3) is 0.538. The molecule has 1 aliphatic heterocycles. The van der Waals surface area contributed by atoms with E-state index >= 15 is 0 Å². The Balaban J connectivity index is 2.29. The highest BCUT2D eigenvalue weighted by Crippen LogP contribution is 2.26. The van der Waals surface area contributed by atoms with Crippen LogP contribution in [0.15, 0.2) is 24.3 Å². The topological polar surface area (TPSA) is 6.48 Å². The molecule has 0 aromatic heterocycles. The lowest BCUT2D eigenvalue weighted by Gasteiger charge is -2.28. The van der Waals surface area contributed by atoms with Gasteiger partial charge in [-0.1, -0.05) is 25.1 Å². The fourth-order valence-corrected chi connectivity index (χ4v) is 2.29. The zero-order chi connectivity index (χ0) is 10.8. The first-order valence-electron chi connectivity index (χ1n) is 5.79. The van der Waals surface area contributed by atoms with Gasteiger partial charge in [-0.2, -0.15) is 0 Å². The van der Waals surface area contributed by atoms with Gasteiger partial charge < -0.3 is 4.90 Å². The molecule has 1 aromatic rings. The molecule has 1 saturated heterocycles. The van der Waals surface area contributed by atoms with Gasteiger partial charge in [-0.3, -0.25) is 4.90 Å². The van der Waals surface area contributed by atoms with Gasteiger partial charge in [-0.05, 0) is 32.0 Å². The second-order valence-electron chi connectivity index (χ2n) is 4.29. The van der Waals surface area contributed by atoms with Gasteiger partial charge in [0.15, 0.2) is 0 Å². The smallest absolute Gasteiger partial charge is 0.0790 e. The molecule has 2 rings (SSSR count). The van der Waals surface area contributed by atoms with Crippen molar-refractivity contribution in [2.24, 2.45) is 0 Å². The van der Waals surface area contributed by atoms with E-state index in [9.17, 15) is 0 Å². The van der Waals surface area contributed by atoms with E-state index in [1.165, 1.54) is 17.8 Å². The van der Waals surface area contributed by atoms with Crippen molar-refractivity contribution in [1.82, 2.24) is 4.90 Å². The molecule has 2 nitrogen and oxygen atoms in total. The average molecular weight is 204 g/mol. The number of hydrogen-bond donors (Lipinski definition) is 0. The van der Waals surface area contributed by atoms with Crippen LogP contribution in [0.3, 0.4) is 0 Å². The van der Waals surface area contributed by atoms with Crippen LogP contribution in [0.4, 0.5) is 5.69 Å². The lowest BCUT2D eigenvalue weighted by atomic mass is 10.1. The zero-order valence-electron chi connectivity index (χ0n) is 9.90. The maximum Gasteiger partial charge on any atom is 0.0790 e. The molecule has 0 saturated carbocycles. The predicted octanol–water partition coefficient (Wildman–Crippen LogP) is 2.35. The average Bonchev–Trinajstić information content (AvgIpc) is 2.60. The number of likely N-dealkylation sites (N-methyl/N-ethyl adjacent to an activating group) is 1. The van der Waals surface area contributed by atoms with Crippen LogP contribution in [0.25, 0.3) is 0 Å². The summed E-state index contributed by atoms with van der Waals surface area (Å²) in [4.78, 5) is 4.89. The minimum absolute atomic E-state index is 0.526. The highest BCUT2D eigenvalue weighted by atomic mass is 15.4. The Morgan fingerprint density at radius 2 is 2.00 bits per heavy atom. The van der Waals surface area contributed by atoms with Crippen LogP contribution in [0, 0.1) is 0 Å². The fourth-order valence-electron chi connectivity index (χ4n) is 2.29. The van der Waals surface area contributed by atoms with E-state index in [1.807, 2.05) is 0 Å². The Morgan fingerprint density at radius 1 is 1.27 bits per heavy atom. The van der Waals surface area contributed by atoms with E-state index in [4.69, 9.17) is 0 Å². The van der Waals surface area contributed by atoms with Crippen molar-refractivity contribution in [3.63, 3.8) is 0 Å². The van der Waals surface area contributed by atoms with Crippen molar-refractivity contribution in [3.05, 3.63) is 29.8 Å². The molecule has 1 heterocycles. The first-order valence-corrected chi connectivity index (χ1v) is 5.79. The summed E-state index contributed by atoms with van der Waals surface area (Å²) in [6.45, 7) is 6.82. The van der Waals surface area contributed by atoms with Gasteiger partial charge in [0.2, 0.25) is 0 Å². The molecule has 0 bridgehead atoms. The van der Waals surface area contributed by atoms with E-state index in [-0.39, 0.29) is 0 Å². The number of benzene rings is 1. The Hall–Kier alpha value is -1.02. The lowest BCUT2D eigenvalue weighted by molar-refractivity contribution is 0.332. The van der Waals surface area contributed by atoms with Crippen LogP contribution in [-0.4, -0.2) is 31.2 Å². The van der Waals surface area contributed by atoms with Crippen LogP contribution < -0.4 is 4.90 Å². The van der Waals surface area contributed by atoms with Crippen molar-refractivity contribution in [2.45, 2.75) is 26.4 Å². The molecule has 1 aliphatic rings. The summed E-state index contributed by atoms with van der Waals surface area (Å²) in [5.74, 6) is 0. The molecule has 0 spiro atoms. The van der Waals surface area contributed by atoms with Gasteiger partial charge in [0, 0.05) is 18.8 Å². The van der Waals surface area contributed by atoms with Gasteiger partial charge in [0.1, 0.15) is 0 Å². The second kappa shape index (κ2) is 4.23.